The Morgan fingerprint density at radius 3 is 2.75 bits per heavy atom. The van der Waals surface area contributed by atoms with Crippen molar-refractivity contribution in [2.45, 2.75) is 45.1 Å². The van der Waals surface area contributed by atoms with Crippen molar-refractivity contribution in [3.05, 3.63) is 29.6 Å². The molecular formula is C17H21FO2. The van der Waals surface area contributed by atoms with Gasteiger partial charge in [-0.3, -0.25) is 0 Å². The zero-order chi connectivity index (χ0) is 14.4. The Bertz CT molecular complexity index is 493. The highest BCUT2D eigenvalue weighted by Gasteiger charge is 2.20. The molecule has 0 aromatic heterocycles. The van der Waals surface area contributed by atoms with Gasteiger partial charge in [0.05, 0.1) is 18.3 Å². The van der Waals surface area contributed by atoms with Crippen molar-refractivity contribution >= 4 is 0 Å². The molecular weight excluding hydrogens is 255 g/mol. The fourth-order valence-corrected chi connectivity index (χ4v) is 2.44. The first-order chi connectivity index (χ1) is 9.69. The SMILES string of the molecule is CC1CCC(Oc2cc(F)ccc2C#CCCO)CC1. The fourth-order valence-electron chi connectivity index (χ4n) is 2.44. The molecule has 3 heteroatoms. The van der Waals surface area contributed by atoms with Gasteiger partial charge in [0.15, 0.2) is 0 Å². The minimum absolute atomic E-state index is 0.0326. The van der Waals surface area contributed by atoms with Crippen LogP contribution in [0.15, 0.2) is 18.2 Å². The van der Waals surface area contributed by atoms with Crippen molar-refractivity contribution < 1.29 is 14.2 Å². The summed E-state index contributed by atoms with van der Waals surface area (Å²) >= 11 is 0. The van der Waals surface area contributed by atoms with Crippen LogP contribution in [-0.2, 0) is 0 Å². The highest BCUT2D eigenvalue weighted by atomic mass is 19.1. The minimum atomic E-state index is -0.308. The average molecular weight is 276 g/mol. The van der Waals surface area contributed by atoms with Gasteiger partial charge in [-0.2, -0.15) is 0 Å². The molecule has 0 unspecified atom stereocenters. The molecule has 1 aromatic rings. The van der Waals surface area contributed by atoms with Gasteiger partial charge in [0.2, 0.25) is 0 Å². The van der Waals surface area contributed by atoms with Crippen LogP contribution in [0.5, 0.6) is 5.75 Å². The Morgan fingerprint density at radius 2 is 2.05 bits per heavy atom. The fraction of sp³-hybridized carbons (Fsp3) is 0.529. The number of hydrogen-bond acceptors (Lipinski definition) is 2. The maximum atomic E-state index is 13.4. The molecule has 1 aliphatic carbocycles. The zero-order valence-corrected chi connectivity index (χ0v) is 11.9. The highest BCUT2D eigenvalue weighted by Crippen LogP contribution is 2.29. The second kappa shape index (κ2) is 7.31. The van der Waals surface area contributed by atoms with E-state index in [-0.39, 0.29) is 18.5 Å². The number of aliphatic hydroxyl groups is 1. The molecule has 1 saturated carbocycles. The summed E-state index contributed by atoms with van der Waals surface area (Å²) in [4.78, 5) is 0. The Balaban J connectivity index is 2.09. The Labute approximate surface area is 120 Å². The smallest absolute Gasteiger partial charge is 0.138 e. The Kier molecular flexibility index (Phi) is 5.43. The summed E-state index contributed by atoms with van der Waals surface area (Å²) in [6.45, 7) is 2.29. The number of ether oxygens (including phenoxy) is 1. The summed E-state index contributed by atoms with van der Waals surface area (Å²) in [5.41, 5.74) is 0.693. The lowest BCUT2D eigenvalue weighted by atomic mass is 9.89. The molecule has 2 nitrogen and oxygen atoms in total. The van der Waals surface area contributed by atoms with Crippen LogP contribution in [0.4, 0.5) is 4.39 Å². The number of aliphatic hydroxyl groups excluding tert-OH is 1. The number of rotatable bonds is 3. The van der Waals surface area contributed by atoms with E-state index < -0.39 is 0 Å². The lowest BCUT2D eigenvalue weighted by Gasteiger charge is -2.27. The molecule has 1 fully saturated rings. The average Bonchev–Trinajstić information content (AvgIpc) is 2.44. The first kappa shape index (κ1) is 14.9. The monoisotopic (exact) mass is 276 g/mol. The molecule has 108 valence electrons. The Morgan fingerprint density at radius 1 is 1.30 bits per heavy atom. The molecule has 0 heterocycles. The van der Waals surface area contributed by atoms with Gasteiger partial charge in [-0.05, 0) is 43.7 Å². The number of hydrogen-bond donors (Lipinski definition) is 1. The van der Waals surface area contributed by atoms with E-state index in [1.54, 1.807) is 6.07 Å². The van der Waals surface area contributed by atoms with Crippen LogP contribution in [-0.4, -0.2) is 17.8 Å². The summed E-state index contributed by atoms with van der Waals surface area (Å²) in [7, 11) is 0. The van der Waals surface area contributed by atoms with Crippen molar-refractivity contribution in [2.24, 2.45) is 5.92 Å². The minimum Gasteiger partial charge on any atom is -0.489 e. The Hall–Kier alpha value is -1.53. The van der Waals surface area contributed by atoms with Gasteiger partial charge < -0.3 is 9.84 Å². The van der Waals surface area contributed by atoms with E-state index in [0.717, 1.165) is 31.6 Å². The third-order valence-electron chi connectivity index (χ3n) is 3.66. The summed E-state index contributed by atoms with van der Waals surface area (Å²) < 4.78 is 19.3. The molecule has 2 rings (SSSR count). The molecule has 0 atom stereocenters. The normalized spacial score (nSPS) is 21.9. The molecule has 0 spiro atoms. The first-order valence-electron chi connectivity index (χ1n) is 7.25. The van der Waals surface area contributed by atoms with Crippen LogP contribution in [0.1, 0.15) is 44.6 Å². The summed E-state index contributed by atoms with van der Waals surface area (Å²) in [6.07, 6.45) is 4.92. The van der Waals surface area contributed by atoms with E-state index in [1.165, 1.54) is 12.1 Å². The van der Waals surface area contributed by atoms with E-state index in [9.17, 15) is 4.39 Å². The molecule has 0 amide bonds. The largest absolute Gasteiger partial charge is 0.489 e. The standard InChI is InChI=1S/C17H21FO2/c1-13-5-9-16(10-6-13)20-17-12-15(18)8-7-14(17)4-2-3-11-19/h7-8,12-13,16,19H,3,5-6,9-11H2,1H3. The maximum Gasteiger partial charge on any atom is 0.138 e. The lowest BCUT2D eigenvalue weighted by Crippen LogP contribution is -2.23. The van der Waals surface area contributed by atoms with Gasteiger partial charge in [-0.25, -0.2) is 4.39 Å². The van der Waals surface area contributed by atoms with Crippen LogP contribution in [0, 0.1) is 23.6 Å². The first-order valence-corrected chi connectivity index (χ1v) is 7.25. The van der Waals surface area contributed by atoms with E-state index in [0.29, 0.717) is 17.7 Å². The van der Waals surface area contributed by atoms with Gasteiger partial charge in [-0.15, -0.1) is 0 Å². The van der Waals surface area contributed by atoms with Crippen molar-refractivity contribution in [1.82, 2.24) is 0 Å². The lowest BCUT2D eigenvalue weighted by molar-refractivity contribution is 0.135. The number of halogens is 1. The predicted molar refractivity (Wildman–Crippen MR) is 77.0 cm³/mol. The van der Waals surface area contributed by atoms with E-state index in [1.807, 2.05) is 0 Å². The van der Waals surface area contributed by atoms with Crippen LogP contribution in [0.3, 0.4) is 0 Å². The van der Waals surface area contributed by atoms with E-state index in [2.05, 4.69) is 18.8 Å². The quantitative estimate of drug-likeness (QED) is 0.856. The summed E-state index contributed by atoms with van der Waals surface area (Å²) in [6, 6.07) is 4.43. The van der Waals surface area contributed by atoms with Gasteiger partial charge in [-0.1, -0.05) is 18.8 Å². The van der Waals surface area contributed by atoms with Crippen LogP contribution in [0.2, 0.25) is 0 Å². The summed E-state index contributed by atoms with van der Waals surface area (Å²) in [5, 5.41) is 8.75. The van der Waals surface area contributed by atoms with Crippen molar-refractivity contribution in [2.75, 3.05) is 6.61 Å². The van der Waals surface area contributed by atoms with Gasteiger partial charge in [0.25, 0.3) is 0 Å². The van der Waals surface area contributed by atoms with Gasteiger partial charge in [0.1, 0.15) is 11.6 Å². The van der Waals surface area contributed by atoms with Gasteiger partial charge in [0, 0.05) is 12.5 Å². The molecule has 1 aliphatic rings. The van der Waals surface area contributed by atoms with Crippen molar-refractivity contribution in [3.8, 4) is 17.6 Å². The molecule has 0 saturated heterocycles. The van der Waals surface area contributed by atoms with E-state index in [4.69, 9.17) is 9.84 Å². The maximum absolute atomic E-state index is 13.4. The summed E-state index contributed by atoms with van der Waals surface area (Å²) in [5.74, 6) is 6.76. The van der Waals surface area contributed by atoms with Crippen LogP contribution < -0.4 is 4.74 Å². The topological polar surface area (TPSA) is 29.5 Å². The molecule has 1 aromatic carbocycles. The highest BCUT2D eigenvalue weighted by molar-refractivity contribution is 5.46. The second-order valence-electron chi connectivity index (χ2n) is 5.42. The van der Waals surface area contributed by atoms with Crippen LogP contribution in [0.25, 0.3) is 0 Å². The van der Waals surface area contributed by atoms with Crippen LogP contribution >= 0.6 is 0 Å². The third-order valence-corrected chi connectivity index (χ3v) is 3.66. The van der Waals surface area contributed by atoms with E-state index >= 15 is 0 Å². The van der Waals surface area contributed by atoms with Gasteiger partial charge >= 0.3 is 0 Å². The molecule has 0 aliphatic heterocycles. The van der Waals surface area contributed by atoms with Crippen molar-refractivity contribution in [3.63, 3.8) is 0 Å². The van der Waals surface area contributed by atoms with Crippen molar-refractivity contribution in [1.29, 1.82) is 0 Å². The molecule has 0 radical (unpaired) electrons. The molecule has 0 bridgehead atoms. The number of benzene rings is 1. The molecule has 20 heavy (non-hydrogen) atoms. The predicted octanol–water partition coefficient (Wildman–Crippen LogP) is 3.52. The third kappa shape index (κ3) is 4.25. The second-order valence-corrected chi connectivity index (χ2v) is 5.42. The zero-order valence-electron chi connectivity index (χ0n) is 11.9. The molecule has 1 N–H and O–H groups in total.